The van der Waals surface area contributed by atoms with Crippen LogP contribution in [0.1, 0.15) is 15.9 Å². The largest absolute Gasteiger partial charge is 0.497 e. The van der Waals surface area contributed by atoms with Gasteiger partial charge in [0.25, 0.3) is 11.5 Å². The van der Waals surface area contributed by atoms with Crippen LogP contribution in [0.5, 0.6) is 17.2 Å². The van der Waals surface area contributed by atoms with Crippen LogP contribution >= 0.6 is 0 Å². The van der Waals surface area contributed by atoms with E-state index in [1.807, 2.05) is 6.07 Å². The molecule has 0 saturated heterocycles. The summed E-state index contributed by atoms with van der Waals surface area (Å²) in [6, 6.07) is 12.7. The number of ether oxygens (including phenoxy) is 3. The van der Waals surface area contributed by atoms with E-state index in [9.17, 15) is 23.6 Å². The lowest BCUT2D eigenvalue weighted by molar-refractivity contribution is -0.0498. The average Bonchev–Trinajstić information content (AvgIpc) is 3.16. The average molecular weight is 556 g/mol. The quantitative estimate of drug-likeness (QED) is 0.311. The molecule has 0 radical (unpaired) electrons. The summed E-state index contributed by atoms with van der Waals surface area (Å²) in [4.78, 5) is 26.8. The van der Waals surface area contributed by atoms with Crippen molar-refractivity contribution in [2.24, 2.45) is 7.05 Å². The van der Waals surface area contributed by atoms with Gasteiger partial charge in [0.05, 0.1) is 25.5 Å². The van der Waals surface area contributed by atoms with Crippen molar-refractivity contribution in [3.8, 4) is 40.3 Å². The molecule has 1 amide bonds. The minimum atomic E-state index is -3.07. The van der Waals surface area contributed by atoms with Crippen LogP contribution in [-0.2, 0) is 7.05 Å². The Balaban J connectivity index is 1.94. The number of hydrogen-bond acceptors (Lipinski definition) is 6. The molecule has 0 aliphatic carbocycles. The van der Waals surface area contributed by atoms with Crippen molar-refractivity contribution in [1.82, 2.24) is 9.36 Å². The maximum atomic E-state index is 15.3. The molecule has 0 saturated carbocycles. The number of anilines is 1. The number of halogens is 4. The van der Waals surface area contributed by atoms with E-state index in [2.05, 4.69) is 10.1 Å². The number of nitrogens with zero attached hydrogens (tertiary/aromatic N) is 3. The molecule has 3 aromatic carbocycles. The highest BCUT2D eigenvalue weighted by Gasteiger charge is 2.29. The zero-order chi connectivity index (χ0) is 29.1. The minimum Gasteiger partial charge on any atom is -0.497 e. The number of nitrogens with one attached hydrogen (secondary N) is 1. The van der Waals surface area contributed by atoms with Gasteiger partial charge >= 0.3 is 6.61 Å². The molecule has 0 aliphatic rings. The summed E-state index contributed by atoms with van der Waals surface area (Å²) in [5.41, 5.74) is -2.58. The van der Waals surface area contributed by atoms with E-state index in [4.69, 9.17) is 9.47 Å². The number of carbonyl (C=O) groups is 1. The molecule has 206 valence electrons. The fourth-order valence-electron chi connectivity index (χ4n) is 4.12. The van der Waals surface area contributed by atoms with Gasteiger partial charge in [0.1, 0.15) is 51.9 Å². The minimum absolute atomic E-state index is 0.0129. The fraction of sp³-hybridized carbons (Fsp3) is 0.148. The van der Waals surface area contributed by atoms with E-state index in [0.29, 0.717) is 0 Å². The van der Waals surface area contributed by atoms with E-state index in [1.54, 1.807) is 0 Å². The summed E-state index contributed by atoms with van der Waals surface area (Å²) in [5.74, 6) is -3.29. The Labute approximate surface area is 224 Å². The van der Waals surface area contributed by atoms with Crippen molar-refractivity contribution in [1.29, 1.82) is 5.26 Å². The van der Waals surface area contributed by atoms with Gasteiger partial charge in [0.15, 0.2) is 0 Å². The third-order valence-electron chi connectivity index (χ3n) is 5.90. The van der Waals surface area contributed by atoms with E-state index >= 15 is 8.78 Å². The van der Waals surface area contributed by atoms with Crippen molar-refractivity contribution < 1.29 is 36.6 Å². The highest BCUT2D eigenvalue weighted by Crippen LogP contribution is 2.35. The monoisotopic (exact) mass is 556 g/mol. The molecule has 0 aliphatic heterocycles. The third-order valence-corrected chi connectivity index (χ3v) is 5.90. The molecule has 1 aromatic heterocycles. The summed E-state index contributed by atoms with van der Waals surface area (Å²) in [5, 5.41) is 12.1. The predicted octanol–water partition coefficient (Wildman–Crippen LogP) is 4.86. The molecule has 40 heavy (non-hydrogen) atoms. The Kier molecular flexibility index (Phi) is 7.81. The van der Waals surface area contributed by atoms with Crippen molar-refractivity contribution in [2.75, 3.05) is 19.5 Å². The number of benzene rings is 3. The summed E-state index contributed by atoms with van der Waals surface area (Å²) in [6.45, 7) is -3.07. The lowest BCUT2D eigenvalue weighted by Gasteiger charge is -2.14. The van der Waals surface area contributed by atoms with E-state index in [0.717, 1.165) is 33.6 Å². The van der Waals surface area contributed by atoms with E-state index in [-0.39, 0.29) is 39.8 Å². The molecular formula is C27H20F4N4O5. The first-order chi connectivity index (χ1) is 19.1. The Morgan fingerprint density at radius 3 is 2.20 bits per heavy atom. The number of alkyl halides is 2. The van der Waals surface area contributed by atoms with Gasteiger partial charge < -0.3 is 19.5 Å². The molecule has 1 N–H and O–H groups in total. The fourth-order valence-corrected chi connectivity index (χ4v) is 4.12. The van der Waals surface area contributed by atoms with Gasteiger partial charge in [-0.15, -0.1) is 0 Å². The maximum absolute atomic E-state index is 15.3. The Morgan fingerprint density at radius 2 is 1.65 bits per heavy atom. The highest BCUT2D eigenvalue weighted by molar-refractivity contribution is 6.06. The topological polar surface area (TPSA) is 108 Å². The van der Waals surface area contributed by atoms with Gasteiger partial charge in [-0.05, 0) is 36.4 Å². The summed E-state index contributed by atoms with van der Waals surface area (Å²) in [7, 11) is 3.85. The molecule has 4 aromatic rings. The SMILES string of the molecule is COc1cc(F)c(-c2c(NC(=O)c3ccc(OC(F)F)cc3)c(=O)n(-c3cccc(OC)c3C#N)n2C)c(F)c1. The van der Waals surface area contributed by atoms with Gasteiger partial charge in [-0.3, -0.25) is 14.3 Å². The summed E-state index contributed by atoms with van der Waals surface area (Å²) >= 11 is 0. The number of hydrogen-bond donors (Lipinski definition) is 1. The molecule has 9 nitrogen and oxygen atoms in total. The molecule has 0 unspecified atom stereocenters. The van der Waals surface area contributed by atoms with E-state index < -0.39 is 41.0 Å². The summed E-state index contributed by atoms with van der Waals surface area (Å²) < 4.78 is 71.9. The second-order valence-electron chi connectivity index (χ2n) is 8.15. The van der Waals surface area contributed by atoms with Crippen molar-refractivity contribution >= 4 is 11.6 Å². The van der Waals surface area contributed by atoms with Crippen LogP contribution < -0.4 is 25.1 Å². The highest BCUT2D eigenvalue weighted by atomic mass is 19.3. The lowest BCUT2D eigenvalue weighted by Crippen LogP contribution is -2.23. The second kappa shape index (κ2) is 11.2. The zero-order valence-corrected chi connectivity index (χ0v) is 21.2. The first-order valence-electron chi connectivity index (χ1n) is 11.4. The number of amides is 1. The van der Waals surface area contributed by atoms with Crippen molar-refractivity contribution in [3.05, 3.63) is 87.7 Å². The number of methoxy groups -OCH3 is 2. The smallest absolute Gasteiger partial charge is 0.387 e. The number of rotatable bonds is 8. The van der Waals surface area contributed by atoms with Gasteiger partial charge in [0.2, 0.25) is 0 Å². The predicted molar refractivity (Wildman–Crippen MR) is 135 cm³/mol. The normalized spacial score (nSPS) is 10.8. The van der Waals surface area contributed by atoms with Gasteiger partial charge in [-0.2, -0.15) is 14.0 Å². The molecule has 0 fully saturated rings. The second-order valence-corrected chi connectivity index (χ2v) is 8.15. The standard InChI is InChI=1S/C27H20F4N4O5/c1-34-24(22-18(28)11-16(38-2)12-19(22)29)23(33-25(36)14-7-9-15(10-8-14)40-27(30)31)26(37)35(34)20-5-4-6-21(39-3)17(20)13-32/h4-12,27H,1-3H3,(H,33,36). The van der Waals surface area contributed by atoms with E-state index in [1.165, 1.54) is 51.6 Å². The zero-order valence-electron chi connectivity index (χ0n) is 21.2. The molecule has 13 heteroatoms. The molecule has 0 atom stereocenters. The van der Waals surface area contributed by atoms with Crippen LogP contribution in [0.4, 0.5) is 23.2 Å². The number of aromatic nitrogens is 2. The molecule has 4 rings (SSSR count). The van der Waals surface area contributed by atoms with Crippen LogP contribution in [0.25, 0.3) is 16.9 Å². The van der Waals surface area contributed by atoms with Crippen LogP contribution in [0.2, 0.25) is 0 Å². The van der Waals surface area contributed by atoms with Crippen LogP contribution in [-0.4, -0.2) is 36.1 Å². The number of carbonyl (C=O) groups excluding carboxylic acids is 1. The maximum Gasteiger partial charge on any atom is 0.387 e. The number of nitriles is 1. The van der Waals surface area contributed by atoms with Crippen LogP contribution in [0.15, 0.2) is 59.4 Å². The summed E-state index contributed by atoms with van der Waals surface area (Å²) in [6.07, 6.45) is 0. The van der Waals surface area contributed by atoms with Gasteiger partial charge in [-0.1, -0.05) is 6.07 Å². The van der Waals surface area contributed by atoms with Gasteiger partial charge in [-0.25, -0.2) is 13.5 Å². The Hall–Kier alpha value is -5.25. The first-order valence-corrected chi connectivity index (χ1v) is 11.4. The third kappa shape index (κ3) is 5.06. The van der Waals surface area contributed by atoms with Crippen LogP contribution in [0.3, 0.4) is 0 Å². The molecule has 1 heterocycles. The molecule has 0 spiro atoms. The lowest BCUT2D eigenvalue weighted by atomic mass is 10.1. The Bertz CT molecular complexity index is 1670. The van der Waals surface area contributed by atoms with Crippen molar-refractivity contribution in [3.63, 3.8) is 0 Å². The first kappa shape index (κ1) is 27.8. The molecular weight excluding hydrogens is 536 g/mol. The molecule has 0 bridgehead atoms. The Morgan fingerprint density at radius 1 is 1.00 bits per heavy atom. The van der Waals surface area contributed by atoms with Gasteiger partial charge in [0, 0.05) is 24.7 Å². The van der Waals surface area contributed by atoms with Crippen LogP contribution in [0, 0.1) is 23.0 Å². The van der Waals surface area contributed by atoms with Crippen molar-refractivity contribution in [2.45, 2.75) is 6.61 Å².